The number of aryl methyl sites for hydroxylation is 1. The number of carbonyl (C=O) groups is 2. The molecule has 2 amide bonds. The van der Waals surface area contributed by atoms with Gasteiger partial charge in [-0.05, 0) is 42.7 Å². The lowest BCUT2D eigenvalue weighted by atomic mass is 10.0. The molecule has 0 N–H and O–H groups in total. The van der Waals surface area contributed by atoms with Crippen LogP contribution >= 0.6 is 0 Å². The van der Waals surface area contributed by atoms with Crippen molar-refractivity contribution in [2.75, 3.05) is 0 Å². The third-order valence-corrected chi connectivity index (χ3v) is 7.16. The van der Waals surface area contributed by atoms with Gasteiger partial charge in [-0.1, -0.05) is 89.0 Å². The van der Waals surface area contributed by atoms with Crippen molar-refractivity contribution in [3.63, 3.8) is 0 Å². The van der Waals surface area contributed by atoms with Crippen LogP contribution in [0.15, 0.2) is 53.4 Å². The lowest BCUT2D eigenvalue weighted by Crippen LogP contribution is -2.32. The standard InChI is InChI=1S/C26H33NO5S/c1-2-3-4-5-6-7-8-9-10-11-14-21-17-19-22(20-18-21)33(30,31)32-27-25(28)23-15-12-13-16-24(23)26(27)29/h12-13,15-20H,2-11,14H2,1H3. The van der Waals surface area contributed by atoms with Crippen LogP contribution in [-0.4, -0.2) is 25.3 Å². The van der Waals surface area contributed by atoms with E-state index in [-0.39, 0.29) is 16.0 Å². The molecular formula is C26H33NO5S. The molecule has 1 aliphatic rings. The van der Waals surface area contributed by atoms with Gasteiger partial charge in [-0.2, -0.15) is 8.42 Å². The fourth-order valence-electron chi connectivity index (χ4n) is 4.02. The molecule has 0 saturated carbocycles. The molecule has 0 fully saturated rings. The Labute approximate surface area is 197 Å². The van der Waals surface area contributed by atoms with Gasteiger partial charge in [0.15, 0.2) is 0 Å². The van der Waals surface area contributed by atoms with Gasteiger partial charge in [0.05, 0.1) is 16.0 Å². The second-order valence-corrected chi connectivity index (χ2v) is 10.1. The summed E-state index contributed by atoms with van der Waals surface area (Å²) in [7, 11) is -4.30. The first-order valence-corrected chi connectivity index (χ1v) is 13.4. The van der Waals surface area contributed by atoms with Crippen molar-refractivity contribution in [3.05, 3.63) is 65.2 Å². The van der Waals surface area contributed by atoms with Gasteiger partial charge in [0.25, 0.3) is 11.8 Å². The maximum Gasteiger partial charge on any atom is 0.318 e. The van der Waals surface area contributed by atoms with E-state index < -0.39 is 21.9 Å². The van der Waals surface area contributed by atoms with Crippen molar-refractivity contribution in [1.29, 1.82) is 0 Å². The minimum Gasteiger partial charge on any atom is -0.266 e. The molecule has 0 saturated heterocycles. The Morgan fingerprint density at radius 2 is 1.18 bits per heavy atom. The van der Waals surface area contributed by atoms with E-state index in [0.717, 1.165) is 24.8 Å². The number of carbonyl (C=O) groups excluding carboxylic acids is 2. The molecule has 178 valence electrons. The zero-order chi connectivity index (χ0) is 23.7. The van der Waals surface area contributed by atoms with Crippen LogP contribution in [0.2, 0.25) is 0 Å². The summed E-state index contributed by atoms with van der Waals surface area (Å²) in [6.45, 7) is 2.23. The normalized spacial score (nSPS) is 13.5. The monoisotopic (exact) mass is 471 g/mol. The van der Waals surface area contributed by atoms with Crippen LogP contribution in [0, 0.1) is 0 Å². The third-order valence-electron chi connectivity index (χ3n) is 5.96. The maximum atomic E-state index is 12.6. The summed E-state index contributed by atoms with van der Waals surface area (Å²) in [5, 5.41) is 0.317. The van der Waals surface area contributed by atoms with Crippen LogP contribution in [0.3, 0.4) is 0 Å². The van der Waals surface area contributed by atoms with Gasteiger partial charge < -0.3 is 0 Å². The Balaban J connectivity index is 1.43. The number of unbranched alkanes of at least 4 members (excludes halogenated alkanes) is 9. The molecule has 0 aliphatic carbocycles. The van der Waals surface area contributed by atoms with Crippen molar-refractivity contribution in [3.8, 4) is 0 Å². The predicted molar refractivity (Wildman–Crippen MR) is 127 cm³/mol. The molecule has 0 radical (unpaired) electrons. The van der Waals surface area contributed by atoms with Gasteiger partial charge in [0, 0.05) is 0 Å². The molecule has 2 aromatic carbocycles. The molecule has 0 unspecified atom stereocenters. The van der Waals surface area contributed by atoms with Gasteiger partial charge in [0.1, 0.15) is 0 Å². The Bertz CT molecular complexity index is 1010. The zero-order valence-electron chi connectivity index (χ0n) is 19.3. The summed E-state index contributed by atoms with van der Waals surface area (Å²) in [6, 6.07) is 12.6. The van der Waals surface area contributed by atoms with Crippen molar-refractivity contribution in [2.45, 2.75) is 82.4 Å². The largest absolute Gasteiger partial charge is 0.318 e. The minimum atomic E-state index is -4.30. The van der Waals surface area contributed by atoms with E-state index in [4.69, 9.17) is 4.28 Å². The van der Waals surface area contributed by atoms with E-state index in [0.29, 0.717) is 5.06 Å². The molecule has 0 atom stereocenters. The van der Waals surface area contributed by atoms with Crippen molar-refractivity contribution >= 4 is 21.9 Å². The van der Waals surface area contributed by atoms with Gasteiger partial charge >= 0.3 is 10.1 Å². The van der Waals surface area contributed by atoms with Gasteiger partial charge in [-0.25, -0.2) is 0 Å². The lowest BCUT2D eigenvalue weighted by molar-refractivity contribution is -0.0103. The summed E-state index contributed by atoms with van der Waals surface area (Å²) in [4.78, 5) is 24.6. The molecule has 7 heteroatoms. The van der Waals surface area contributed by atoms with E-state index in [1.54, 1.807) is 24.3 Å². The first-order chi connectivity index (χ1) is 15.9. The number of nitrogens with zero attached hydrogens (tertiary/aromatic N) is 1. The average Bonchev–Trinajstić information content (AvgIpc) is 3.05. The highest BCUT2D eigenvalue weighted by atomic mass is 32.2. The molecule has 3 rings (SSSR count). The van der Waals surface area contributed by atoms with E-state index >= 15 is 0 Å². The highest BCUT2D eigenvalue weighted by Gasteiger charge is 2.39. The number of imide groups is 1. The summed E-state index contributed by atoms with van der Waals surface area (Å²) < 4.78 is 30.1. The molecule has 33 heavy (non-hydrogen) atoms. The maximum absolute atomic E-state index is 12.6. The molecule has 6 nitrogen and oxygen atoms in total. The Kier molecular flexibility index (Phi) is 9.21. The van der Waals surface area contributed by atoms with Crippen molar-refractivity contribution in [1.82, 2.24) is 5.06 Å². The van der Waals surface area contributed by atoms with E-state index in [2.05, 4.69) is 6.92 Å². The van der Waals surface area contributed by atoms with Crippen LogP contribution in [0.4, 0.5) is 0 Å². The number of hydrogen-bond donors (Lipinski definition) is 0. The third kappa shape index (κ3) is 6.74. The molecule has 0 spiro atoms. The number of benzene rings is 2. The summed E-state index contributed by atoms with van der Waals surface area (Å²) >= 11 is 0. The first-order valence-electron chi connectivity index (χ1n) is 12.0. The van der Waals surface area contributed by atoms with Crippen LogP contribution < -0.4 is 0 Å². The van der Waals surface area contributed by atoms with Gasteiger partial charge in [-0.3, -0.25) is 9.59 Å². The smallest absolute Gasteiger partial charge is 0.266 e. The molecule has 1 aliphatic heterocycles. The second kappa shape index (κ2) is 12.1. The molecule has 2 aromatic rings. The van der Waals surface area contributed by atoms with Crippen LogP contribution in [-0.2, 0) is 20.8 Å². The quantitative estimate of drug-likeness (QED) is 0.247. The van der Waals surface area contributed by atoms with E-state index in [1.807, 2.05) is 0 Å². The predicted octanol–water partition coefficient (Wildman–Crippen LogP) is 6.07. The number of fused-ring (bicyclic) bond motifs is 1. The first kappa shape index (κ1) is 25.1. The SMILES string of the molecule is CCCCCCCCCCCCc1ccc(S(=O)(=O)ON2C(=O)c3ccccc3C2=O)cc1. The topological polar surface area (TPSA) is 80.8 Å². The fraction of sp³-hybridized carbons (Fsp3) is 0.462. The number of amides is 2. The van der Waals surface area contributed by atoms with E-state index in [1.165, 1.54) is 75.6 Å². The number of hydroxylamine groups is 2. The zero-order valence-corrected chi connectivity index (χ0v) is 20.1. The summed E-state index contributed by atoms with van der Waals surface area (Å²) in [6.07, 6.45) is 13.6. The Hall–Kier alpha value is -2.51. The number of rotatable bonds is 14. The van der Waals surface area contributed by atoms with Crippen LogP contribution in [0.25, 0.3) is 0 Å². The minimum absolute atomic E-state index is 0.0918. The summed E-state index contributed by atoms with van der Waals surface area (Å²) in [5.74, 6) is -1.56. The Morgan fingerprint density at radius 1 is 0.697 bits per heavy atom. The van der Waals surface area contributed by atoms with E-state index in [9.17, 15) is 18.0 Å². The average molecular weight is 472 g/mol. The molecule has 0 aromatic heterocycles. The van der Waals surface area contributed by atoms with Crippen LogP contribution in [0.1, 0.15) is 97.4 Å². The molecule has 0 bridgehead atoms. The highest BCUT2D eigenvalue weighted by molar-refractivity contribution is 7.86. The fourth-order valence-corrected chi connectivity index (χ4v) is 4.90. The highest BCUT2D eigenvalue weighted by Crippen LogP contribution is 2.26. The van der Waals surface area contributed by atoms with Crippen molar-refractivity contribution in [2.24, 2.45) is 0 Å². The second-order valence-electron chi connectivity index (χ2n) is 8.55. The van der Waals surface area contributed by atoms with Gasteiger partial charge in [0.2, 0.25) is 0 Å². The Morgan fingerprint density at radius 3 is 1.70 bits per heavy atom. The number of hydrogen-bond acceptors (Lipinski definition) is 5. The van der Waals surface area contributed by atoms with Crippen molar-refractivity contribution < 1.29 is 22.3 Å². The van der Waals surface area contributed by atoms with Crippen LogP contribution in [0.5, 0.6) is 0 Å². The van der Waals surface area contributed by atoms with Gasteiger partial charge in [-0.15, -0.1) is 9.35 Å². The molecular weight excluding hydrogens is 438 g/mol. The molecule has 1 heterocycles. The lowest BCUT2D eigenvalue weighted by Gasteiger charge is -2.13. The summed E-state index contributed by atoms with van der Waals surface area (Å²) in [5.41, 5.74) is 1.31.